The van der Waals surface area contributed by atoms with Gasteiger partial charge in [0.15, 0.2) is 0 Å². The van der Waals surface area contributed by atoms with E-state index in [-0.39, 0.29) is 11.9 Å². The maximum absolute atomic E-state index is 14.0. The van der Waals surface area contributed by atoms with Crippen molar-refractivity contribution in [2.45, 2.75) is 12.6 Å². The number of nitrogens with zero attached hydrogens (tertiary/aromatic N) is 2. The molecule has 3 nitrogen and oxygen atoms in total. The second-order valence-electron chi connectivity index (χ2n) is 5.40. The summed E-state index contributed by atoms with van der Waals surface area (Å²) >= 11 is 0. The molecule has 118 valence electrons. The predicted molar refractivity (Wildman–Crippen MR) is 90.5 cm³/mol. The van der Waals surface area contributed by atoms with E-state index in [0.717, 1.165) is 11.3 Å². The first-order chi connectivity index (χ1) is 11.8. The molecule has 3 rings (SSSR count). The highest BCUT2D eigenvalue weighted by Crippen LogP contribution is 2.21. The Balaban J connectivity index is 1.87. The third-order valence-electron chi connectivity index (χ3n) is 3.79. The van der Waals surface area contributed by atoms with E-state index in [1.807, 2.05) is 54.6 Å². The van der Waals surface area contributed by atoms with E-state index in [4.69, 9.17) is 5.26 Å². The molecule has 0 spiro atoms. The van der Waals surface area contributed by atoms with Crippen molar-refractivity contribution in [2.24, 2.45) is 0 Å². The monoisotopic (exact) mass is 317 g/mol. The molecule has 0 fully saturated rings. The lowest BCUT2D eigenvalue weighted by atomic mass is 10.0. The molecule has 1 atom stereocenters. The van der Waals surface area contributed by atoms with E-state index in [0.29, 0.717) is 17.7 Å². The number of pyridine rings is 1. The van der Waals surface area contributed by atoms with Crippen LogP contribution in [-0.4, -0.2) is 4.98 Å². The number of nitrogens with one attached hydrogen (secondary N) is 1. The third-order valence-corrected chi connectivity index (χ3v) is 3.79. The number of rotatable bonds is 5. The van der Waals surface area contributed by atoms with Crippen LogP contribution < -0.4 is 5.32 Å². The summed E-state index contributed by atoms with van der Waals surface area (Å²) in [5.74, 6) is -0.325. The smallest absolute Gasteiger partial charge is 0.127 e. The summed E-state index contributed by atoms with van der Waals surface area (Å²) in [7, 11) is 0. The number of hydrogen-bond donors (Lipinski definition) is 1. The molecule has 2 aromatic carbocycles. The van der Waals surface area contributed by atoms with Crippen LogP contribution in [0.25, 0.3) is 0 Å². The van der Waals surface area contributed by atoms with Crippen molar-refractivity contribution >= 4 is 0 Å². The van der Waals surface area contributed by atoms with E-state index in [2.05, 4.69) is 10.3 Å². The van der Waals surface area contributed by atoms with Gasteiger partial charge in [0.05, 0.1) is 23.4 Å². The zero-order chi connectivity index (χ0) is 16.8. The fourth-order valence-electron chi connectivity index (χ4n) is 2.58. The van der Waals surface area contributed by atoms with Gasteiger partial charge in [0.2, 0.25) is 0 Å². The topological polar surface area (TPSA) is 48.7 Å². The minimum absolute atomic E-state index is 0.155. The standard InChI is InChI=1S/C20H16FN3/c21-18-10-9-15(13-22)12-17(18)14-24-20(16-6-2-1-3-7-16)19-8-4-5-11-23-19/h1-12,20,24H,14H2. The first kappa shape index (κ1) is 15.9. The van der Waals surface area contributed by atoms with Gasteiger partial charge in [0.25, 0.3) is 0 Å². The Kier molecular flexibility index (Phi) is 4.95. The van der Waals surface area contributed by atoms with Crippen molar-refractivity contribution in [1.29, 1.82) is 5.26 Å². The summed E-state index contributed by atoms with van der Waals surface area (Å²) in [6.07, 6.45) is 1.74. The minimum atomic E-state index is -0.325. The molecule has 4 heteroatoms. The summed E-state index contributed by atoms with van der Waals surface area (Å²) in [5.41, 5.74) is 2.82. The summed E-state index contributed by atoms with van der Waals surface area (Å²) in [6, 6.07) is 21.9. The fraction of sp³-hybridized carbons (Fsp3) is 0.100. The normalized spacial score (nSPS) is 11.7. The van der Waals surface area contributed by atoms with Gasteiger partial charge in [-0.15, -0.1) is 0 Å². The quantitative estimate of drug-likeness (QED) is 0.774. The van der Waals surface area contributed by atoms with Crippen molar-refractivity contribution in [3.63, 3.8) is 0 Å². The molecule has 0 saturated carbocycles. The Hall–Kier alpha value is -3.03. The molecule has 1 aromatic heterocycles. The van der Waals surface area contributed by atoms with Gasteiger partial charge in [-0.3, -0.25) is 4.98 Å². The second kappa shape index (κ2) is 7.49. The highest BCUT2D eigenvalue weighted by atomic mass is 19.1. The Morgan fingerprint density at radius 2 is 1.83 bits per heavy atom. The average Bonchev–Trinajstić information content (AvgIpc) is 2.65. The summed E-state index contributed by atoms with van der Waals surface area (Å²) in [4.78, 5) is 4.42. The molecule has 0 aliphatic heterocycles. The van der Waals surface area contributed by atoms with E-state index in [1.165, 1.54) is 12.1 Å². The number of hydrogen-bond acceptors (Lipinski definition) is 3. The Bertz CT molecular complexity index is 802. The molecule has 0 amide bonds. The molecule has 0 aliphatic rings. The first-order valence-electron chi connectivity index (χ1n) is 7.65. The van der Waals surface area contributed by atoms with Crippen LogP contribution in [0.2, 0.25) is 0 Å². The van der Waals surface area contributed by atoms with Crippen LogP contribution in [0.15, 0.2) is 72.9 Å². The molecule has 0 bridgehead atoms. The van der Waals surface area contributed by atoms with E-state index in [1.54, 1.807) is 12.3 Å². The van der Waals surface area contributed by atoms with Gasteiger partial charge in [-0.25, -0.2) is 4.39 Å². The molecule has 3 aromatic rings. The molecule has 0 aliphatic carbocycles. The van der Waals surface area contributed by atoms with Gasteiger partial charge in [-0.1, -0.05) is 36.4 Å². The van der Waals surface area contributed by atoms with E-state index < -0.39 is 0 Å². The van der Waals surface area contributed by atoms with Gasteiger partial charge < -0.3 is 5.32 Å². The van der Waals surface area contributed by atoms with E-state index in [9.17, 15) is 4.39 Å². The van der Waals surface area contributed by atoms with Crippen molar-refractivity contribution in [1.82, 2.24) is 10.3 Å². The maximum atomic E-state index is 14.0. The lowest BCUT2D eigenvalue weighted by Crippen LogP contribution is -2.23. The number of nitriles is 1. The average molecular weight is 317 g/mol. The molecule has 1 heterocycles. The van der Waals surface area contributed by atoms with Crippen molar-refractivity contribution in [3.05, 3.63) is 101 Å². The van der Waals surface area contributed by atoms with Crippen LogP contribution in [0.5, 0.6) is 0 Å². The number of benzene rings is 2. The van der Waals surface area contributed by atoms with Crippen LogP contribution in [-0.2, 0) is 6.54 Å². The predicted octanol–water partition coefficient (Wildman–Crippen LogP) is 3.97. The Labute approximate surface area is 140 Å². The summed E-state index contributed by atoms with van der Waals surface area (Å²) in [5, 5.41) is 12.3. The minimum Gasteiger partial charge on any atom is -0.301 e. The molecule has 1 N–H and O–H groups in total. The van der Waals surface area contributed by atoms with Crippen molar-refractivity contribution in [3.8, 4) is 6.07 Å². The van der Waals surface area contributed by atoms with Crippen molar-refractivity contribution < 1.29 is 4.39 Å². The molecule has 1 unspecified atom stereocenters. The van der Waals surface area contributed by atoms with Crippen LogP contribution in [0.3, 0.4) is 0 Å². The van der Waals surface area contributed by atoms with Gasteiger partial charge in [-0.2, -0.15) is 5.26 Å². The van der Waals surface area contributed by atoms with Gasteiger partial charge >= 0.3 is 0 Å². The van der Waals surface area contributed by atoms with Crippen LogP contribution in [0.1, 0.15) is 28.4 Å². The number of halogens is 1. The van der Waals surface area contributed by atoms with Gasteiger partial charge in [0, 0.05) is 18.3 Å². The number of aromatic nitrogens is 1. The molecular weight excluding hydrogens is 301 g/mol. The van der Waals surface area contributed by atoms with Gasteiger partial charge in [-0.05, 0) is 35.9 Å². The highest BCUT2D eigenvalue weighted by Gasteiger charge is 2.15. The van der Waals surface area contributed by atoms with Gasteiger partial charge in [0.1, 0.15) is 5.82 Å². The largest absolute Gasteiger partial charge is 0.301 e. The highest BCUT2D eigenvalue weighted by molar-refractivity contribution is 5.34. The summed E-state index contributed by atoms with van der Waals surface area (Å²) < 4.78 is 14.0. The summed E-state index contributed by atoms with van der Waals surface area (Å²) in [6.45, 7) is 0.303. The maximum Gasteiger partial charge on any atom is 0.127 e. The zero-order valence-electron chi connectivity index (χ0n) is 13.0. The molecule has 24 heavy (non-hydrogen) atoms. The SMILES string of the molecule is N#Cc1ccc(F)c(CNC(c2ccccc2)c2ccccn2)c1. The Morgan fingerprint density at radius 1 is 1.04 bits per heavy atom. The molecule has 0 radical (unpaired) electrons. The van der Waals surface area contributed by atoms with Crippen molar-refractivity contribution in [2.75, 3.05) is 0 Å². The Morgan fingerprint density at radius 3 is 2.54 bits per heavy atom. The molecular formula is C20H16FN3. The van der Waals surface area contributed by atoms with E-state index >= 15 is 0 Å². The first-order valence-corrected chi connectivity index (χ1v) is 7.65. The van der Waals surface area contributed by atoms with Crippen LogP contribution in [0, 0.1) is 17.1 Å². The second-order valence-corrected chi connectivity index (χ2v) is 5.40. The third kappa shape index (κ3) is 3.65. The lowest BCUT2D eigenvalue weighted by Gasteiger charge is -2.19. The lowest BCUT2D eigenvalue weighted by molar-refractivity contribution is 0.554. The molecule has 0 saturated heterocycles. The van der Waals surface area contributed by atoms with Crippen LogP contribution in [0.4, 0.5) is 4.39 Å². The van der Waals surface area contributed by atoms with Crippen LogP contribution >= 0.6 is 0 Å². The zero-order valence-corrected chi connectivity index (χ0v) is 13.0. The fourth-order valence-corrected chi connectivity index (χ4v) is 2.58.